The molecule has 3 rings (SSSR count). The van der Waals surface area contributed by atoms with Crippen molar-refractivity contribution in [2.45, 2.75) is 37.5 Å². The van der Waals surface area contributed by atoms with Crippen LogP contribution in [0.3, 0.4) is 0 Å². The lowest BCUT2D eigenvalue weighted by Crippen LogP contribution is -2.11. The van der Waals surface area contributed by atoms with Gasteiger partial charge < -0.3 is 5.32 Å². The van der Waals surface area contributed by atoms with E-state index < -0.39 is 0 Å². The highest BCUT2D eigenvalue weighted by atomic mass is 15.1. The molecule has 0 aromatic carbocycles. The van der Waals surface area contributed by atoms with Crippen LogP contribution >= 0.6 is 0 Å². The van der Waals surface area contributed by atoms with Crippen molar-refractivity contribution in [2.75, 3.05) is 13.1 Å². The Morgan fingerprint density at radius 3 is 3.00 bits per heavy atom. The number of nitrogens with zero attached hydrogens (tertiary/aromatic N) is 1. The quantitative estimate of drug-likeness (QED) is 0.744. The van der Waals surface area contributed by atoms with E-state index in [9.17, 15) is 0 Å². The van der Waals surface area contributed by atoms with Crippen LogP contribution in [0.4, 0.5) is 0 Å². The molecule has 14 heavy (non-hydrogen) atoms. The van der Waals surface area contributed by atoms with Gasteiger partial charge in [-0.05, 0) is 31.4 Å². The molecule has 1 saturated heterocycles. The molecule has 1 aliphatic heterocycles. The topological polar surface area (TPSA) is 40.7 Å². The van der Waals surface area contributed by atoms with Crippen LogP contribution in [-0.4, -0.2) is 23.3 Å². The molecule has 0 spiro atoms. The summed E-state index contributed by atoms with van der Waals surface area (Å²) < 4.78 is 0. The largest absolute Gasteiger partial charge is 0.316 e. The molecule has 1 aromatic rings. The van der Waals surface area contributed by atoms with Crippen molar-refractivity contribution in [1.82, 2.24) is 15.5 Å². The number of H-pyrrole nitrogens is 1. The van der Waals surface area contributed by atoms with Gasteiger partial charge >= 0.3 is 0 Å². The number of hydrogen-bond acceptors (Lipinski definition) is 2. The lowest BCUT2D eigenvalue weighted by atomic mass is 9.92. The molecule has 0 radical (unpaired) electrons. The van der Waals surface area contributed by atoms with Crippen molar-refractivity contribution in [3.05, 3.63) is 17.5 Å². The van der Waals surface area contributed by atoms with Gasteiger partial charge in [0.1, 0.15) is 0 Å². The van der Waals surface area contributed by atoms with E-state index in [-0.39, 0.29) is 0 Å². The second kappa shape index (κ2) is 2.83. The zero-order chi connectivity index (χ0) is 9.60. The maximum atomic E-state index is 4.44. The summed E-state index contributed by atoms with van der Waals surface area (Å²) in [6.45, 7) is 4.61. The molecule has 2 heterocycles. The third-order valence-electron chi connectivity index (χ3n) is 3.74. The molecule has 1 saturated carbocycles. The minimum absolute atomic E-state index is 0.401. The average Bonchev–Trinajstić information content (AvgIpc) is 2.73. The van der Waals surface area contributed by atoms with Gasteiger partial charge in [-0.25, -0.2) is 0 Å². The Morgan fingerprint density at radius 1 is 1.50 bits per heavy atom. The Hall–Kier alpha value is -0.830. The van der Waals surface area contributed by atoms with E-state index in [4.69, 9.17) is 0 Å². The minimum Gasteiger partial charge on any atom is -0.316 e. The van der Waals surface area contributed by atoms with E-state index in [0.717, 1.165) is 13.1 Å². The molecule has 3 nitrogen and oxygen atoms in total. The van der Waals surface area contributed by atoms with Crippen molar-refractivity contribution in [2.24, 2.45) is 0 Å². The van der Waals surface area contributed by atoms with Gasteiger partial charge in [-0.3, -0.25) is 5.10 Å². The lowest BCUT2D eigenvalue weighted by molar-refractivity contribution is 0.691. The summed E-state index contributed by atoms with van der Waals surface area (Å²) in [6.07, 6.45) is 6.00. The summed E-state index contributed by atoms with van der Waals surface area (Å²) in [6, 6.07) is 0. The summed E-state index contributed by atoms with van der Waals surface area (Å²) in [5.41, 5.74) is 3.21. The molecule has 2 fully saturated rings. The van der Waals surface area contributed by atoms with E-state index in [1.54, 1.807) is 0 Å². The van der Waals surface area contributed by atoms with Gasteiger partial charge in [0.05, 0.1) is 5.69 Å². The van der Waals surface area contributed by atoms with Crippen LogP contribution < -0.4 is 5.32 Å². The van der Waals surface area contributed by atoms with Crippen LogP contribution in [0, 0.1) is 0 Å². The Bertz CT molecular complexity index is 332. The molecule has 76 valence electrons. The van der Waals surface area contributed by atoms with Crippen molar-refractivity contribution in [3.8, 4) is 0 Å². The van der Waals surface area contributed by atoms with Gasteiger partial charge in [-0.2, -0.15) is 5.10 Å². The monoisotopic (exact) mass is 191 g/mol. The van der Waals surface area contributed by atoms with E-state index in [0.29, 0.717) is 11.3 Å². The summed E-state index contributed by atoms with van der Waals surface area (Å²) >= 11 is 0. The van der Waals surface area contributed by atoms with Crippen LogP contribution in [-0.2, 0) is 5.41 Å². The summed E-state index contributed by atoms with van der Waals surface area (Å²) in [5.74, 6) is 0.696. The number of aromatic nitrogens is 2. The lowest BCUT2D eigenvalue weighted by Gasteiger charge is -2.12. The van der Waals surface area contributed by atoms with Crippen LogP contribution in [0.1, 0.15) is 43.4 Å². The van der Waals surface area contributed by atoms with Gasteiger partial charge in [0.2, 0.25) is 0 Å². The fourth-order valence-corrected chi connectivity index (χ4v) is 2.44. The fraction of sp³-hybridized carbons (Fsp3) is 0.727. The van der Waals surface area contributed by atoms with Crippen molar-refractivity contribution >= 4 is 0 Å². The van der Waals surface area contributed by atoms with Gasteiger partial charge in [0.15, 0.2) is 0 Å². The third kappa shape index (κ3) is 1.19. The van der Waals surface area contributed by atoms with Crippen molar-refractivity contribution in [3.63, 3.8) is 0 Å². The Kier molecular flexibility index (Phi) is 1.71. The molecule has 1 unspecified atom stereocenters. The van der Waals surface area contributed by atoms with Gasteiger partial charge in [0, 0.05) is 24.1 Å². The van der Waals surface area contributed by atoms with Crippen LogP contribution in [0.25, 0.3) is 0 Å². The predicted molar refractivity (Wildman–Crippen MR) is 55.4 cm³/mol. The highest BCUT2D eigenvalue weighted by Gasteiger charge is 2.43. The minimum atomic E-state index is 0.401. The fourth-order valence-electron chi connectivity index (χ4n) is 2.44. The van der Waals surface area contributed by atoms with Crippen LogP contribution in [0.5, 0.6) is 0 Å². The molecular weight excluding hydrogens is 174 g/mol. The Balaban J connectivity index is 1.93. The SMILES string of the molecule is CC1(c2n[nH]cc2C2CCNC2)CC1. The molecular formula is C11H17N3. The zero-order valence-electron chi connectivity index (χ0n) is 8.64. The number of nitrogens with one attached hydrogen (secondary N) is 2. The van der Waals surface area contributed by atoms with E-state index in [2.05, 4.69) is 28.6 Å². The third-order valence-corrected chi connectivity index (χ3v) is 3.74. The summed E-state index contributed by atoms with van der Waals surface area (Å²) in [5, 5.41) is 10.9. The molecule has 3 heteroatoms. The normalized spacial score (nSPS) is 29.4. The van der Waals surface area contributed by atoms with Gasteiger partial charge in [-0.1, -0.05) is 6.92 Å². The predicted octanol–water partition coefficient (Wildman–Crippen LogP) is 1.54. The van der Waals surface area contributed by atoms with Gasteiger partial charge in [0.25, 0.3) is 0 Å². The second-order valence-electron chi connectivity index (χ2n) is 4.94. The van der Waals surface area contributed by atoms with E-state index in [1.807, 2.05) is 0 Å². The van der Waals surface area contributed by atoms with Crippen molar-refractivity contribution < 1.29 is 0 Å². The van der Waals surface area contributed by atoms with E-state index >= 15 is 0 Å². The van der Waals surface area contributed by atoms with Crippen LogP contribution in [0.15, 0.2) is 6.20 Å². The Labute approximate surface area is 84.3 Å². The molecule has 2 N–H and O–H groups in total. The Morgan fingerprint density at radius 2 is 2.36 bits per heavy atom. The molecule has 2 aliphatic rings. The average molecular weight is 191 g/mol. The number of rotatable bonds is 2. The first-order valence-corrected chi connectivity index (χ1v) is 5.54. The van der Waals surface area contributed by atoms with Gasteiger partial charge in [-0.15, -0.1) is 0 Å². The molecule has 1 aliphatic carbocycles. The first-order valence-electron chi connectivity index (χ1n) is 5.54. The maximum absolute atomic E-state index is 4.44. The van der Waals surface area contributed by atoms with Crippen LogP contribution in [0.2, 0.25) is 0 Å². The first-order chi connectivity index (χ1) is 6.80. The number of aromatic amines is 1. The molecule has 1 aromatic heterocycles. The first kappa shape index (κ1) is 8.48. The van der Waals surface area contributed by atoms with E-state index in [1.165, 1.54) is 30.5 Å². The maximum Gasteiger partial charge on any atom is 0.0716 e. The summed E-state index contributed by atoms with van der Waals surface area (Å²) in [7, 11) is 0. The molecule has 1 atom stereocenters. The highest BCUT2D eigenvalue weighted by molar-refractivity contribution is 5.33. The standard InChI is InChI=1S/C11H17N3/c1-11(3-4-11)10-9(7-13-14-10)8-2-5-12-6-8/h7-8,12H,2-6H2,1H3,(H,13,14). The second-order valence-corrected chi connectivity index (χ2v) is 4.94. The molecule has 0 amide bonds. The smallest absolute Gasteiger partial charge is 0.0716 e. The number of hydrogen-bond donors (Lipinski definition) is 2. The summed E-state index contributed by atoms with van der Waals surface area (Å²) in [4.78, 5) is 0. The molecule has 0 bridgehead atoms. The van der Waals surface area contributed by atoms with Crippen molar-refractivity contribution in [1.29, 1.82) is 0 Å². The zero-order valence-corrected chi connectivity index (χ0v) is 8.64. The highest BCUT2D eigenvalue weighted by Crippen LogP contribution is 2.49.